The van der Waals surface area contributed by atoms with Crippen LogP contribution in [-0.4, -0.2) is 27.5 Å². The van der Waals surface area contributed by atoms with E-state index in [4.69, 9.17) is 4.74 Å². The van der Waals surface area contributed by atoms with E-state index in [-0.39, 0.29) is 23.3 Å². The molecule has 0 aliphatic heterocycles. The third kappa shape index (κ3) is 6.16. The Balaban J connectivity index is 1.90. The summed E-state index contributed by atoms with van der Waals surface area (Å²) >= 11 is 0. The van der Waals surface area contributed by atoms with Gasteiger partial charge in [-0.25, -0.2) is 13.1 Å². The molecule has 2 aromatic carbocycles. The number of carbonyl (C=O) groups is 1. The molecule has 1 amide bonds. The van der Waals surface area contributed by atoms with Crippen molar-refractivity contribution in [2.24, 2.45) is 5.92 Å². The summed E-state index contributed by atoms with van der Waals surface area (Å²) < 4.78 is 32.2. The average Bonchev–Trinajstić information content (AvgIpc) is 2.59. The van der Waals surface area contributed by atoms with Gasteiger partial charge in [-0.3, -0.25) is 4.79 Å². The number of sulfonamides is 1. The lowest BCUT2D eigenvalue weighted by atomic mass is 10.2. The molecule has 2 aromatic rings. The smallest absolute Gasteiger partial charge is 0.262 e. The molecule has 0 radical (unpaired) electrons. The van der Waals surface area contributed by atoms with E-state index in [0.29, 0.717) is 18.0 Å². The maximum atomic E-state index is 12.1. The molecule has 7 heteroatoms. The van der Waals surface area contributed by atoms with E-state index < -0.39 is 10.0 Å². The molecule has 0 spiro atoms. The second kappa shape index (κ2) is 8.82. The Morgan fingerprint density at radius 3 is 2.42 bits per heavy atom. The van der Waals surface area contributed by atoms with Gasteiger partial charge in [0.25, 0.3) is 5.91 Å². The van der Waals surface area contributed by atoms with Crippen LogP contribution >= 0.6 is 0 Å². The SMILES string of the molecule is Cc1cccc(NC(=O)COc2ccc(S(=O)(=O)NCC(C)C)cc2)c1. The largest absolute Gasteiger partial charge is 0.484 e. The molecule has 0 saturated heterocycles. The van der Waals surface area contributed by atoms with Crippen molar-refractivity contribution in [1.82, 2.24) is 4.72 Å². The van der Waals surface area contributed by atoms with Gasteiger partial charge in [0.1, 0.15) is 5.75 Å². The fourth-order valence-electron chi connectivity index (χ4n) is 2.14. The Morgan fingerprint density at radius 1 is 1.12 bits per heavy atom. The van der Waals surface area contributed by atoms with Gasteiger partial charge in [-0.15, -0.1) is 0 Å². The molecule has 0 heterocycles. The number of anilines is 1. The first-order valence-electron chi connectivity index (χ1n) is 8.35. The van der Waals surface area contributed by atoms with Crippen molar-refractivity contribution in [3.8, 4) is 5.75 Å². The molecule has 0 aliphatic rings. The van der Waals surface area contributed by atoms with Crippen molar-refractivity contribution in [2.75, 3.05) is 18.5 Å². The summed E-state index contributed by atoms with van der Waals surface area (Å²) in [6.45, 7) is 6.02. The first-order valence-corrected chi connectivity index (χ1v) is 9.83. The molecule has 0 bridgehead atoms. The van der Waals surface area contributed by atoms with Gasteiger partial charge in [-0.05, 0) is 54.8 Å². The zero-order valence-corrected chi connectivity index (χ0v) is 16.0. The zero-order chi connectivity index (χ0) is 19.2. The van der Waals surface area contributed by atoms with Crippen molar-refractivity contribution >= 4 is 21.6 Å². The zero-order valence-electron chi connectivity index (χ0n) is 15.2. The van der Waals surface area contributed by atoms with Crippen molar-refractivity contribution in [1.29, 1.82) is 0 Å². The van der Waals surface area contributed by atoms with Crippen molar-refractivity contribution in [3.05, 3.63) is 54.1 Å². The minimum Gasteiger partial charge on any atom is -0.484 e. The van der Waals surface area contributed by atoms with E-state index >= 15 is 0 Å². The number of aryl methyl sites for hydroxylation is 1. The topological polar surface area (TPSA) is 84.5 Å². The maximum absolute atomic E-state index is 12.1. The van der Waals surface area contributed by atoms with E-state index in [2.05, 4.69) is 10.0 Å². The molecule has 0 fully saturated rings. The molecule has 2 rings (SSSR count). The van der Waals surface area contributed by atoms with E-state index in [9.17, 15) is 13.2 Å². The summed E-state index contributed by atoms with van der Waals surface area (Å²) in [6, 6.07) is 13.4. The van der Waals surface area contributed by atoms with Gasteiger partial charge < -0.3 is 10.1 Å². The van der Waals surface area contributed by atoms with Crippen LogP contribution in [0.1, 0.15) is 19.4 Å². The molecule has 0 atom stereocenters. The predicted octanol–water partition coefficient (Wildman–Crippen LogP) is 2.95. The third-order valence-electron chi connectivity index (χ3n) is 3.49. The number of hydrogen-bond donors (Lipinski definition) is 2. The second-order valence-corrected chi connectivity index (χ2v) is 8.19. The molecular weight excluding hydrogens is 352 g/mol. The van der Waals surface area contributed by atoms with Crippen LogP contribution in [0.25, 0.3) is 0 Å². The van der Waals surface area contributed by atoms with E-state index in [1.54, 1.807) is 6.07 Å². The lowest BCUT2D eigenvalue weighted by Crippen LogP contribution is -2.27. The van der Waals surface area contributed by atoms with Crippen LogP contribution in [0.2, 0.25) is 0 Å². The summed E-state index contributed by atoms with van der Waals surface area (Å²) in [5, 5.41) is 2.75. The third-order valence-corrected chi connectivity index (χ3v) is 4.93. The first kappa shape index (κ1) is 19.9. The highest BCUT2D eigenvalue weighted by molar-refractivity contribution is 7.89. The van der Waals surface area contributed by atoms with Gasteiger partial charge in [0.15, 0.2) is 6.61 Å². The monoisotopic (exact) mass is 376 g/mol. The number of benzene rings is 2. The first-order chi connectivity index (χ1) is 12.3. The van der Waals surface area contributed by atoms with E-state index in [1.807, 2.05) is 39.0 Å². The summed E-state index contributed by atoms with van der Waals surface area (Å²) in [7, 11) is -3.53. The lowest BCUT2D eigenvalue weighted by Gasteiger charge is -2.10. The van der Waals surface area contributed by atoms with Gasteiger partial charge in [-0.1, -0.05) is 26.0 Å². The number of carbonyl (C=O) groups excluding carboxylic acids is 1. The van der Waals surface area contributed by atoms with E-state index in [1.165, 1.54) is 24.3 Å². The quantitative estimate of drug-likeness (QED) is 0.742. The van der Waals surface area contributed by atoms with Crippen LogP contribution < -0.4 is 14.8 Å². The highest BCUT2D eigenvalue weighted by atomic mass is 32.2. The van der Waals surface area contributed by atoms with E-state index in [0.717, 1.165) is 5.56 Å². The Morgan fingerprint density at radius 2 is 1.81 bits per heavy atom. The van der Waals surface area contributed by atoms with Gasteiger partial charge in [0.05, 0.1) is 4.90 Å². The van der Waals surface area contributed by atoms with Crippen LogP contribution in [0.5, 0.6) is 5.75 Å². The van der Waals surface area contributed by atoms with Gasteiger partial charge in [-0.2, -0.15) is 0 Å². The lowest BCUT2D eigenvalue weighted by molar-refractivity contribution is -0.118. The predicted molar refractivity (Wildman–Crippen MR) is 102 cm³/mol. The summed E-state index contributed by atoms with van der Waals surface area (Å²) in [4.78, 5) is 12.1. The molecule has 26 heavy (non-hydrogen) atoms. The summed E-state index contributed by atoms with van der Waals surface area (Å²) in [5.41, 5.74) is 1.75. The van der Waals surface area contributed by atoms with Crippen LogP contribution in [-0.2, 0) is 14.8 Å². The molecular formula is C19H24N2O4S. The minimum atomic E-state index is -3.53. The molecule has 0 unspecified atom stereocenters. The number of rotatable bonds is 8. The molecule has 2 N–H and O–H groups in total. The van der Waals surface area contributed by atoms with Crippen LogP contribution in [0.15, 0.2) is 53.4 Å². The molecule has 6 nitrogen and oxygen atoms in total. The standard InChI is InChI=1S/C19H24N2O4S/c1-14(2)12-20-26(23,24)18-9-7-17(8-10-18)25-13-19(22)21-16-6-4-5-15(3)11-16/h4-11,14,20H,12-13H2,1-3H3,(H,21,22). The Kier molecular flexibility index (Phi) is 6.76. The van der Waals surface area contributed by atoms with Gasteiger partial charge in [0.2, 0.25) is 10.0 Å². The Bertz CT molecular complexity index is 846. The molecule has 0 aromatic heterocycles. The molecule has 0 aliphatic carbocycles. The maximum Gasteiger partial charge on any atom is 0.262 e. The Hall–Kier alpha value is -2.38. The van der Waals surface area contributed by atoms with Crippen molar-refractivity contribution in [2.45, 2.75) is 25.7 Å². The number of nitrogens with one attached hydrogen (secondary N) is 2. The van der Waals surface area contributed by atoms with Crippen molar-refractivity contribution in [3.63, 3.8) is 0 Å². The van der Waals surface area contributed by atoms with Gasteiger partial charge >= 0.3 is 0 Å². The second-order valence-electron chi connectivity index (χ2n) is 6.42. The minimum absolute atomic E-state index is 0.161. The number of hydrogen-bond acceptors (Lipinski definition) is 4. The van der Waals surface area contributed by atoms with Crippen molar-refractivity contribution < 1.29 is 17.9 Å². The number of amides is 1. The highest BCUT2D eigenvalue weighted by Gasteiger charge is 2.14. The molecule has 0 saturated carbocycles. The summed E-state index contributed by atoms with van der Waals surface area (Å²) in [6.07, 6.45) is 0. The fraction of sp³-hybridized carbons (Fsp3) is 0.316. The average molecular weight is 376 g/mol. The number of ether oxygens (including phenoxy) is 1. The normalized spacial score (nSPS) is 11.4. The summed E-state index contributed by atoms with van der Waals surface area (Å²) in [5.74, 6) is 0.359. The van der Waals surface area contributed by atoms with Crippen LogP contribution in [0.3, 0.4) is 0 Å². The highest BCUT2D eigenvalue weighted by Crippen LogP contribution is 2.16. The van der Waals surface area contributed by atoms with Crippen LogP contribution in [0.4, 0.5) is 5.69 Å². The van der Waals surface area contributed by atoms with Crippen LogP contribution in [0, 0.1) is 12.8 Å². The Labute approximate surface area is 154 Å². The molecule has 140 valence electrons. The fourth-order valence-corrected chi connectivity index (χ4v) is 3.36. The van der Waals surface area contributed by atoms with Gasteiger partial charge in [0, 0.05) is 12.2 Å².